The molecular formula is C52H52N+. The molecule has 0 fully saturated rings. The normalized spacial score (nSPS) is 18.7. The van der Waals surface area contributed by atoms with Gasteiger partial charge in [0, 0.05) is 18.1 Å². The predicted molar refractivity (Wildman–Crippen MR) is 223 cm³/mol. The summed E-state index contributed by atoms with van der Waals surface area (Å²) in [5.74, 6) is 1.12. The third kappa shape index (κ3) is 4.12. The van der Waals surface area contributed by atoms with Gasteiger partial charge in [-0.05, 0) is 116 Å². The van der Waals surface area contributed by atoms with Gasteiger partial charge in [0.15, 0.2) is 6.20 Å². The summed E-state index contributed by atoms with van der Waals surface area (Å²) in [5, 5.41) is 5.51. The molecule has 4 aliphatic rings. The highest BCUT2D eigenvalue weighted by Crippen LogP contribution is 2.66. The molecule has 1 aromatic heterocycles. The maximum atomic E-state index is 2.76. The molecule has 0 radical (unpaired) electrons. The summed E-state index contributed by atoms with van der Waals surface area (Å²) in [4.78, 5) is 0. The molecule has 5 aromatic carbocycles. The van der Waals surface area contributed by atoms with Gasteiger partial charge < -0.3 is 0 Å². The SMILES string of the molecule is CCC(CC)C1=CC2(CC(C(CC)CC)=C1)c1cc3ccccc3c3c1-c1c4c(cc(C(C)(C)C)cc4cc[n+]12)C31c2ccccc2-c2ccccc21. The number of nitrogens with zero attached hydrogens (tertiary/aromatic N) is 1. The Bertz CT molecular complexity index is 2530. The fraction of sp³-hybridized carbons (Fsp3) is 0.327. The van der Waals surface area contributed by atoms with Crippen LogP contribution in [0.3, 0.4) is 0 Å². The maximum Gasteiger partial charge on any atom is 0.222 e. The van der Waals surface area contributed by atoms with Crippen molar-refractivity contribution in [2.75, 3.05) is 0 Å². The quantitative estimate of drug-likeness (QED) is 0.153. The van der Waals surface area contributed by atoms with Gasteiger partial charge in [-0.25, -0.2) is 0 Å². The van der Waals surface area contributed by atoms with Crippen molar-refractivity contribution in [2.24, 2.45) is 11.8 Å². The van der Waals surface area contributed by atoms with Gasteiger partial charge in [-0.1, -0.05) is 145 Å². The Kier molecular flexibility index (Phi) is 7.06. The minimum Gasteiger partial charge on any atom is -0.184 e. The zero-order valence-electron chi connectivity index (χ0n) is 32.6. The Labute approximate surface area is 316 Å². The number of benzene rings is 5. The number of allylic oxidation sites excluding steroid dienone is 4. The standard InChI is InChI=1S/C52H52N/c1-8-32(9-2)36-26-37(33(10-3)11-4)31-51(30-36)44-28-34-18-12-13-19-39(34)48-47(44)49-46-35(24-25-53(49)51)27-38(50(5,6)7)29-45(46)52(48)42-22-16-14-20-40(42)41-21-15-17-23-43(41)52/h12-30,32-33H,8-11,31H2,1-7H3/q+1. The molecule has 0 bridgehead atoms. The molecule has 2 spiro atoms. The van der Waals surface area contributed by atoms with Gasteiger partial charge in [0.25, 0.3) is 0 Å². The summed E-state index contributed by atoms with van der Waals surface area (Å²) < 4.78 is 2.76. The first-order valence-corrected chi connectivity index (χ1v) is 20.4. The molecule has 3 aliphatic carbocycles. The van der Waals surface area contributed by atoms with Crippen LogP contribution < -0.4 is 4.57 Å². The van der Waals surface area contributed by atoms with Crippen molar-refractivity contribution in [3.63, 3.8) is 0 Å². The number of hydrogen-bond donors (Lipinski definition) is 0. The van der Waals surface area contributed by atoms with E-state index in [9.17, 15) is 0 Å². The van der Waals surface area contributed by atoms with Crippen molar-refractivity contribution in [2.45, 2.75) is 96.9 Å². The molecule has 1 aliphatic heterocycles. The van der Waals surface area contributed by atoms with Crippen LogP contribution >= 0.6 is 0 Å². The Morgan fingerprint density at radius 3 is 1.96 bits per heavy atom. The number of hydrogen-bond acceptors (Lipinski definition) is 0. The zero-order chi connectivity index (χ0) is 36.4. The first-order valence-electron chi connectivity index (χ1n) is 20.4. The van der Waals surface area contributed by atoms with Gasteiger partial charge in [0.1, 0.15) is 0 Å². The van der Waals surface area contributed by atoms with Gasteiger partial charge in [-0.3, -0.25) is 0 Å². The highest BCUT2D eigenvalue weighted by molar-refractivity contribution is 6.11. The van der Waals surface area contributed by atoms with Gasteiger partial charge in [0.05, 0.1) is 16.4 Å². The summed E-state index contributed by atoms with van der Waals surface area (Å²) in [5.41, 5.74) is 16.7. The highest BCUT2D eigenvalue weighted by Gasteiger charge is 2.60. The fourth-order valence-corrected chi connectivity index (χ4v) is 11.4. The van der Waals surface area contributed by atoms with Crippen LogP contribution in [-0.2, 0) is 16.4 Å². The molecule has 53 heavy (non-hydrogen) atoms. The molecule has 10 rings (SSSR count). The molecule has 264 valence electrons. The summed E-state index contributed by atoms with van der Waals surface area (Å²) in [6, 6.07) is 38.2. The maximum absolute atomic E-state index is 2.76. The lowest BCUT2D eigenvalue weighted by Gasteiger charge is -2.40. The van der Waals surface area contributed by atoms with Gasteiger partial charge in [-0.2, -0.15) is 4.57 Å². The van der Waals surface area contributed by atoms with Crippen LogP contribution in [0.4, 0.5) is 0 Å². The smallest absolute Gasteiger partial charge is 0.184 e. The number of fused-ring (bicyclic) bond motifs is 11. The van der Waals surface area contributed by atoms with E-state index in [0.717, 1.165) is 19.3 Å². The van der Waals surface area contributed by atoms with Crippen LogP contribution in [0.25, 0.3) is 43.9 Å². The lowest BCUT2D eigenvalue weighted by molar-refractivity contribution is -0.726. The highest BCUT2D eigenvalue weighted by atomic mass is 15.1. The summed E-state index contributed by atoms with van der Waals surface area (Å²) in [6.07, 6.45) is 13.6. The number of aromatic nitrogens is 1. The Morgan fingerprint density at radius 1 is 0.660 bits per heavy atom. The average molecular weight is 691 g/mol. The third-order valence-corrected chi connectivity index (χ3v) is 14.0. The van der Waals surface area contributed by atoms with E-state index in [2.05, 4.69) is 168 Å². The van der Waals surface area contributed by atoms with Crippen molar-refractivity contribution >= 4 is 21.5 Å². The van der Waals surface area contributed by atoms with Crippen LogP contribution in [0.5, 0.6) is 0 Å². The molecule has 6 aromatic rings. The number of rotatable bonds is 6. The molecule has 0 amide bonds. The second-order valence-electron chi connectivity index (χ2n) is 17.5. The van der Waals surface area contributed by atoms with Crippen LogP contribution in [-0.4, -0.2) is 0 Å². The Morgan fingerprint density at radius 2 is 1.30 bits per heavy atom. The minimum atomic E-state index is -0.458. The van der Waals surface area contributed by atoms with E-state index >= 15 is 0 Å². The Hall–Kier alpha value is -4.75. The molecule has 1 unspecified atom stereocenters. The van der Waals surface area contributed by atoms with Crippen molar-refractivity contribution in [1.29, 1.82) is 0 Å². The van der Waals surface area contributed by atoms with Crippen molar-refractivity contribution in [3.05, 3.63) is 160 Å². The first-order chi connectivity index (χ1) is 25.7. The van der Waals surface area contributed by atoms with E-state index in [0.29, 0.717) is 11.8 Å². The lowest BCUT2D eigenvalue weighted by Crippen LogP contribution is -2.55. The topological polar surface area (TPSA) is 3.88 Å². The van der Waals surface area contributed by atoms with E-state index in [1.807, 2.05) is 0 Å². The molecule has 1 nitrogen and oxygen atoms in total. The molecule has 1 atom stereocenters. The van der Waals surface area contributed by atoms with E-state index in [1.165, 1.54) is 95.7 Å². The minimum absolute atomic E-state index is 0.00751. The molecule has 0 N–H and O–H groups in total. The van der Waals surface area contributed by atoms with E-state index in [4.69, 9.17) is 0 Å². The van der Waals surface area contributed by atoms with Gasteiger partial charge in [-0.15, -0.1) is 0 Å². The van der Waals surface area contributed by atoms with Crippen molar-refractivity contribution in [3.8, 4) is 22.4 Å². The summed E-state index contributed by atoms with van der Waals surface area (Å²) >= 11 is 0. The predicted octanol–water partition coefficient (Wildman–Crippen LogP) is 13.1. The van der Waals surface area contributed by atoms with E-state index < -0.39 is 5.41 Å². The van der Waals surface area contributed by atoms with Crippen LogP contribution in [0.2, 0.25) is 0 Å². The second kappa shape index (κ2) is 11.4. The molecule has 2 heterocycles. The number of pyridine rings is 1. The monoisotopic (exact) mass is 690 g/mol. The molecule has 0 saturated carbocycles. The Balaban J connectivity index is 1.46. The molecule has 0 saturated heterocycles. The van der Waals surface area contributed by atoms with E-state index in [1.54, 1.807) is 5.57 Å². The molecule has 1 heteroatoms. The van der Waals surface area contributed by atoms with Crippen molar-refractivity contribution in [1.82, 2.24) is 0 Å². The zero-order valence-corrected chi connectivity index (χ0v) is 32.6. The second-order valence-corrected chi connectivity index (χ2v) is 17.5. The van der Waals surface area contributed by atoms with Gasteiger partial charge >= 0.3 is 0 Å². The van der Waals surface area contributed by atoms with Gasteiger partial charge in [0.2, 0.25) is 11.2 Å². The largest absolute Gasteiger partial charge is 0.222 e. The summed E-state index contributed by atoms with van der Waals surface area (Å²) in [6.45, 7) is 16.7. The first kappa shape index (κ1) is 32.9. The molecular weight excluding hydrogens is 639 g/mol. The fourth-order valence-electron chi connectivity index (χ4n) is 11.4. The van der Waals surface area contributed by atoms with Crippen LogP contribution in [0.1, 0.15) is 114 Å². The average Bonchev–Trinajstić information content (AvgIpc) is 3.61. The third-order valence-electron chi connectivity index (χ3n) is 14.0. The summed E-state index contributed by atoms with van der Waals surface area (Å²) in [7, 11) is 0. The van der Waals surface area contributed by atoms with E-state index in [-0.39, 0.29) is 11.0 Å². The van der Waals surface area contributed by atoms with Crippen molar-refractivity contribution < 1.29 is 4.57 Å². The lowest BCUT2D eigenvalue weighted by atomic mass is 9.59. The van der Waals surface area contributed by atoms with Crippen LogP contribution in [0, 0.1) is 11.8 Å². The van der Waals surface area contributed by atoms with Crippen LogP contribution in [0.15, 0.2) is 127 Å².